The molecule has 2 aliphatic rings. The van der Waals surface area contributed by atoms with Crippen molar-refractivity contribution in [2.75, 3.05) is 19.6 Å². The summed E-state index contributed by atoms with van der Waals surface area (Å²) in [5.74, 6) is 0. The Morgan fingerprint density at radius 2 is 2.36 bits per heavy atom. The number of rotatable bonds is 0. The minimum Gasteiger partial charge on any atom is -0.362 e. The number of hydrogen-bond donors (Lipinski definition) is 2. The van der Waals surface area contributed by atoms with Gasteiger partial charge in [-0.15, -0.1) is 0 Å². The Morgan fingerprint density at radius 3 is 3.09 bits per heavy atom. The Balaban J connectivity index is 2.22. The number of nitrogens with zero attached hydrogens (tertiary/aromatic N) is 1. The van der Waals surface area contributed by atoms with Gasteiger partial charge in [0.05, 0.1) is 5.66 Å². The third kappa shape index (κ3) is 1.01. The van der Waals surface area contributed by atoms with Crippen LogP contribution >= 0.6 is 12.2 Å². The van der Waals surface area contributed by atoms with Gasteiger partial charge in [0.2, 0.25) is 0 Å². The Morgan fingerprint density at radius 1 is 1.55 bits per heavy atom. The highest BCUT2D eigenvalue weighted by Gasteiger charge is 2.39. The first-order valence-electron chi connectivity index (χ1n) is 4.03. The molecular formula is C7H13N3S. The van der Waals surface area contributed by atoms with Gasteiger partial charge >= 0.3 is 0 Å². The molecule has 1 unspecified atom stereocenters. The first-order chi connectivity index (χ1) is 5.22. The van der Waals surface area contributed by atoms with Crippen LogP contribution in [-0.2, 0) is 0 Å². The second-order valence-corrected chi connectivity index (χ2v) is 3.72. The third-order valence-corrected chi connectivity index (χ3v) is 2.93. The highest BCUT2D eigenvalue weighted by molar-refractivity contribution is 7.80. The first kappa shape index (κ1) is 7.31. The second kappa shape index (κ2) is 2.32. The maximum absolute atomic E-state index is 5.19. The lowest BCUT2D eigenvalue weighted by molar-refractivity contribution is 0.189. The molecule has 11 heavy (non-hydrogen) atoms. The van der Waals surface area contributed by atoms with Crippen LogP contribution in [0, 0.1) is 0 Å². The van der Waals surface area contributed by atoms with E-state index in [-0.39, 0.29) is 5.66 Å². The van der Waals surface area contributed by atoms with Gasteiger partial charge in [-0.25, -0.2) is 0 Å². The van der Waals surface area contributed by atoms with E-state index in [1.165, 1.54) is 0 Å². The minimum atomic E-state index is 0.141. The predicted molar refractivity (Wildman–Crippen MR) is 48.3 cm³/mol. The molecule has 2 rings (SSSR count). The lowest BCUT2D eigenvalue weighted by Gasteiger charge is -2.41. The zero-order valence-electron chi connectivity index (χ0n) is 6.68. The van der Waals surface area contributed by atoms with Crippen molar-refractivity contribution in [2.24, 2.45) is 0 Å². The number of fused-ring (bicyclic) bond motifs is 1. The largest absolute Gasteiger partial charge is 0.362 e. The molecule has 0 bridgehead atoms. The van der Waals surface area contributed by atoms with Gasteiger partial charge < -0.3 is 10.2 Å². The van der Waals surface area contributed by atoms with E-state index >= 15 is 0 Å². The van der Waals surface area contributed by atoms with Crippen molar-refractivity contribution in [3.05, 3.63) is 0 Å². The van der Waals surface area contributed by atoms with E-state index in [2.05, 4.69) is 22.5 Å². The quantitative estimate of drug-likeness (QED) is 0.497. The first-order valence-corrected chi connectivity index (χ1v) is 4.44. The van der Waals surface area contributed by atoms with Crippen LogP contribution in [0.4, 0.5) is 0 Å². The fourth-order valence-corrected chi connectivity index (χ4v) is 2.23. The molecule has 2 N–H and O–H groups in total. The number of nitrogens with one attached hydrogen (secondary N) is 2. The maximum Gasteiger partial charge on any atom is 0.170 e. The summed E-state index contributed by atoms with van der Waals surface area (Å²) >= 11 is 5.19. The molecule has 2 fully saturated rings. The van der Waals surface area contributed by atoms with Gasteiger partial charge in [-0.2, -0.15) is 0 Å². The fraction of sp³-hybridized carbons (Fsp3) is 0.857. The summed E-state index contributed by atoms with van der Waals surface area (Å²) in [6, 6.07) is 0. The zero-order valence-corrected chi connectivity index (χ0v) is 7.50. The van der Waals surface area contributed by atoms with E-state index in [4.69, 9.17) is 12.2 Å². The summed E-state index contributed by atoms with van der Waals surface area (Å²) in [5.41, 5.74) is 0.141. The molecular weight excluding hydrogens is 158 g/mol. The van der Waals surface area contributed by atoms with Crippen LogP contribution in [-0.4, -0.2) is 35.3 Å². The highest BCUT2D eigenvalue weighted by Crippen LogP contribution is 2.22. The lowest BCUT2D eigenvalue weighted by Crippen LogP contribution is -2.59. The number of thiocarbonyl (C=S) groups is 1. The molecule has 2 heterocycles. The van der Waals surface area contributed by atoms with E-state index in [1.807, 2.05) is 0 Å². The normalized spacial score (nSPS) is 36.8. The Kier molecular flexibility index (Phi) is 1.54. The zero-order chi connectivity index (χ0) is 7.90. The van der Waals surface area contributed by atoms with Crippen molar-refractivity contribution in [3.63, 3.8) is 0 Å². The van der Waals surface area contributed by atoms with Crippen molar-refractivity contribution in [3.8, 4) is 0 Å². The van der Waals surface area contributed by atoms with Gasteiger partial charge in [-0.05, 0) is 19.1 Å². The lowest BCUT2D eigenvalue weighted by atomic mass is 10.1. The summed E-state index contributed by atoms with van der Waals surface area (Å²) in [6.07, 6.45) is 1.13. The molecule has 2 saturated heterocycles. The van der Waals surface area contributed by atoms with Crippen LogP contribution in [0.25, 0.3) is 0 Å². The minimum absolute atomic E-state index is 0.141. The number of hydrogen-bond acceptors (Lipinski definition) is 2. The average molecular weight is 171 g/mol. The molecule has 0 aromatic rings. The van der Waals surface area contributed by atoms with Gasteiger partial charge in [0.25, 0.3) is 0 Å². The molecule has 2 aliphatic heterocycles. The van der Waals surface area contributed by atoms with E-state index in [9.17, 15) is 0 Å². The van der Waals surface area contributed by atoms with Gasteiger partial charge in [-0.3, -0.25) is 5.32 Å². The summed E-state index contributed by atoms with van der Waals surface area (Å²) in [5, 5.41) is 7.57. The summed E-state index contributed by atoms with van der Waals surface area (Å²) in [4.78, 5) is 2.24. The molecule has 0 radical (unpaired) electrons. The van der Waals surface area contributed by atoms with Crippen LogP contribution in [0.2, 0.25) is 0 Å². The smallest absolute Gasteiger partial charge is 0.170 e. The average Bonchev–Trinajstić information content (AvgIpc) is 2.31. The van der Waals surface area contributed by atoms with Crippen LogP contribution in [0.1, 0.15) is 13.3 Å². The maximum atomic E-state index is 5.19. The Labute approximate surface area is 72.1 Å². The van der Waals surface area contributed by atoms with Crippen molar-refractivity contribution in [2.45, 2.75) is 19.0 Å². The Bertz CT molecular complexity index is 194. The molecule has 1 atom stereocenters. The van der Waals surface area contributed by atoms with Crippen molar-refractivity contribution in [1.82, 2.24) is 15.5 Å². The van der Waals surface area contributed by atoms with E-state index in [0.29, 0.717) is 0 Å². The molecule has 3 nitrogen and oxygen atoms in total. The van der Waals surface area contributed by atoms with E-state index < -0.39 is 0 Å². The fourth-order valence-electron chi connectivity index (χ4n) is 1.84. The molecule has 62 valence electrons. The molecule has 0 aromatic heterocycles. The van der Waals surface area contributed by atoms with E-state index in [0.717, 1.165) is 31.2 Å². The van der Waals surface area contributed by atoms with Crippen molar-refractivity contribution >= 4 is 17.3 Å². The SMILES string of the molecule is CC12CCNC(=S)N1CCN2. The molecule has 4 heteroatoms. The molecule has 0 aliphatic carbocycles. The van der Waals surface area contributed by atoms with Crippen LogP contribution in [0.15, 0.2) is 0 Å². The molecule has 0 aromatic carbocycles. The monoisotopic (exact) mass is 171 g/mol. The van der Waals surface area contributed by atoms with Crippen molar-refractivity contribution in [1.29, 1.82) is 0 Å². The van der Waals surface area contributed by atoms with Gasteiger partial charge in [0.1, 0.15) is 0 Å². The van der Waals surface area contributed by atoms with Crippen molar-refractivity contribution < 1.29 is 0 Å². The topological polar surface area (TPSA) is 27.3 Å². The molecule has 0 amide bonds. The third-order valence-electron chi connectivity index (χ3n) is 2.57. The van der Waals surface area contributed by atoms with Crippen LogP contribution in [0.5, 0.6) is 0 Å². The van der Waals surface area contributed by atoms with Gasteiger partial charge in [-0.1, -0.05) is 0 Å². The summed E-state index contributed by atoms with van der Waals surface area (Å²) < 4.78 is 0. The standard InChI is InChI=1S/C7H13N3S/c1-7-2-3-8-6(11)10(7)5-4-9-7/h9H,2-5H2,1H3,(H,8,11). The second-order valence-electron chi connectivity index (χ2n) is 3.33. The highest BCUT2D eigenvalue weighted by atomic mass is 32.1. The van der Waals surface area contributed by atoms with Crippen LogP contribution in [0.3, 0.4) is 0 Å². The van der Waals surface area contributed by atoms with E-state index in [1.54, 1.807) is 0 Å². The predicted octanol–water partition coefficient (Wildman–Crippen LogP) is -0.114. The Hall–Kier alpha value is -0.350. The summed E-state index contributed by atoms with van der Waals surface area (Å²) in [6.45, 7) is 5.31. The van der Waals surface area contributed by atoms with Gasteiger partial charge in [0, 0.05) is 26.1 Å². The summed E-state index contributed by atoms with van der Waals surface area (Å²) in [7, 11) is 0. The van der Waals surface area contributed by atoms with Crippen LogP contribution < -0.4 is 10.6 Å². The van der Waals surface area contributed by atoms with Gasteiger partial charge in [0.15, 0.2) is 5.11 Å². The molecule has 0 spiro atoms. The molecule has 0 saturated carbocycles.